The lowest BCUT2D eigenvalue weighted by atomic mass is 9.99. The first-order valence-corrected chi connectivity index (χ1v) is 11.7. The smallest absolute Gasteiger partial charge is 0.263 e. The largest absolute Gasteiger partial charge is 0.354 e. The molecular formula is C29H26FN5O. The van der Waals surface area contributed by atoms with Gasteiger partial charge in [0.2, 0.25) is 5.95 Å². The molecule has 0 radical (unpaired) electrons. The summed E-state index contributed by atoms with van der Waals surface area (Å²) in [6.07, 6.45) is 3.97. The van der Waals surface area contributed by atoms with Crippen molar-refractivity contribution < 1.29 is 4.39 Å². The molecule has 5 rings (SSSR count). The van der Waals surface area contributed by atoms with E-state index in [-0.39, 0.29) is 17.4 Å². The van der Waals surface area contributed by atoms with Gasteiger partial charge >= 0.3 is 0 Å². The second kappa shape index (κ2) is 10.1. The van der Waals surface area contributed by atoms with E-state index in [2.05, 4.69) is 34.6 Å². The molecule has 0 saturated heterocycles. The average Bonchev–Trinajstić information content (AvgIpc) is 2.91. The summed E-state index contributed by atoms with van der Waals surface area (Å²) in [7, 11) is 1.66. The third-order valence-corrected chi connectivity index (χ3v) is 6.26. The Bertz CT molecular complexity index is 1560. The maximum absolute atomic E-state index is 13.6. The van der Waals surface area contributed by atoms with Crippen LogP contribution in [0, 0.1) is 5.82 Å². The quantitative estimate of drug-likeness (QED) is 0.351. The predicted octanol–water partition coefficient (Wildman–Crippen LogP) is 4.78. The number of nitrogens with one attached hydrogen (secondary N) is 1. The molecular weight excluding hydrogens is 453 g/mol. The van der Waals surface area contributed by atoms with Crippen molar-refractivity contribution in [2.75, 3.05) is 11.9 Å². The van der Waals surface area contributed by atoms with E-state index >= 15 is 0 Å². The van der Waals surface area contributed by atoms with Gasteiger partial charge in [-0.3, -0.25) is 14.3 Å². The van der Waals surface area contributed by atoms with Gasteiger partial charge in [0.15, 0.2) is 0 Å². The number of hydrogen-bond donors (Lipinski definition) is 2. The highest BCUT2D eigenvalue weighted by atomic mass is 19.1. The molecule has 1 unspecified atom stereocenters. The summed E-state index contributed by atoms with van der Waals surface area (Å²) in [5.41, 5.74) is 9.66. The molecule has 0 bridgehead atoms. The molecule has 36 heavy (non-hydrogen) atoms. The van der Waals surface area contributed by atoms with Gasteiger partial charge in [0.1, 0.15) is 5.82 Å². The number of hydrogen-bond acceptors (Lipinski definition) is 5. The Kier molecular flexibility index (Phi) is 6.56. The first-order valence-electron chi connectivity index (χ1n) is 11.7. The van der Waals surface area contributed by atoms with Gasteiger partial charge in [0, 0.05) is 37.6 Å². The van der Waals surface area contributed by atoms with Crippen LogP contribution in [0.5, 0.6) is 0 Å². The van der Waals surface area contributed by atoms with Crippen molar-refractivity contribution in [1.29, 1.82) is 0 Å². The lowest BCUT2D eigenvalue weighted by molar-refractivity contribution is 0.628. The van der Waals surface area contributed by atoms with Crippen LogP contribution in [-0.4, -0.2) is 27.1 Å². The van der Waals surface area contributed by atoms with Crippen molar-refractivity contribution in [1.82, 2.24) is 14.5 Å². The number of halogens is 1. The summed E-state index contributed by atoms with van der Waals surface area (Å²) in [6.45, 7) is 0.426. The van der Waals surface area contributed by atoms with Crippen molar-refractivity contribution in [2.24, 2.45) is 12.8 Å². The molecule has 0 amide bonds. The summed E-state index contributed by atoms with van der Waals surface area (Å²) < 4.78 is 15.0. The molecule has 0 aliphatic carbocycles. The van der Waals surface area contributed by atoms with E-state index in [1.165, 1.54) is 33.0 Å². The second-order valence-electron chi connectivity index (χ2n) is 8.75. The van der Waals surface area contributed by atoms with Gasteiger partial charge in [0.05, 0.1) is 11.3 Å². The molecule has 0 aliphatic rings. The first kappa shape index (κ1) is 23.4. The van der Waals surface area contributed by atoms with E-state index in [0.717, 1.165) is 5.56 Å². The van der Waals surface area contributed by atoms with E-state index < -0.39 is 0 Å². The second-order valence-corrected chi connectivity index (χ2v) is 8.75. The van der Waals surface area contributed by atoms with Crippen molar-refractivity contribution in [3.63, 3.8) is 0 Å². The molecule has 180 valence electrons. The molecule has 1 atom stereocenters. The number of rotatable bonds is 7. The molecule has 2 aromatic heterocycles. The van der Waals surface area contributed by atoms with E-state index in [4.69, 9.17) is 10.7 Å². The van der Waals surface area contributed by atoms with Crippen molar-refractivity contribution >= 4 is 16.7 Å². The summed E-state index contributed by atoms with van der Waals surface area (Å²) in [4.78, 5) is 22.4. The summed E-state index contributed by atoms with van der Waals surface area (Å²) >= 11 is 0. The lowest BCUT2D eigenvalue weighted by Crippen LogP contribution is -2.34. The van der Waals surface area contributed by atoms with Crippen LogP contribution >= 0.6 is 0 Å². The summed E-state index contributed by atoms with van der Waals surface area (Å²) in [5.74, 6) is 0.0403. The zero-order valence-corrected chi connectivity index (χ0v) is 19.9. The summed E-state index contributed by atoms with van der Waals surface area (Å²) in [5, 5.41) is 5.63. The fourth-order valence-electron chi connectivity index (χ4n) is 4.40. The van der Waals surface area contributed by atoms with Gasteiger partial charge in [0.25, 0.3) is 5.56 Å². The van der Waals surface area contributed by atoms with Crippen LogP contribution in [0.25, 0.3) is 33.2 Å². The highest BCUT2D eigenvalue weighted by Crippen LogP contribution is 2.29. The average molecular weight is 480 g/mol. The molecule has 6 nitrogen and oxygen atoms in total. The third-order valence-electron chi connectivity index (χ3n) is 6.26. The van der Waals surface area contributed by atoms with Crippen molar-refractivity contribution in [2.45, 2.75) is 12.5 Å². The first-order chi connectivity index (χ1) is 17.5. The Labute approximate surface area is 208 Å². The lowest BCUT2D eigenvalue weighted by Gasteiger charge is -2.18. The maximum Gasteiger partial charge on any atom is 0.263 e. The number of nitrogens with zero attached hydrogens (tertiary/aromatic N) is 3. The molecule has 7 heteroatoms. The number of benzene rings is 3. The number of aromatic nitrogens is 3. The van der Waals surface area contributed by atoms with Crippen molar-refractivity contribution in [3.05, 3.63) is 113 Å². The molecule has 0 fully saturated rings. The Balaban J connectivity index is 1.46. The molecule has 5 aromatic rings. The van der Waals surface area contributed by atoms with E-state index in [1.54, 1.807) is 43.7 Å². The topological polar surface area (TPSA) is 85.8 Å². The number of fused-ring (bicyclic) bond motifs is 1. The Morgan fingerprint density at radius 2 is 1.67 bits per heavy atom. The fraction of sp³-hybridized carbons (Fsp3) is 0.138. The van der Waals surface area contributed by atoms with Crippen molar-refractivity contribution in [3.8, 4) is 22.4 Å². The normalized spacial score (nSPS) is 12.0. The van der Waals surface area contributed by atoms with Gasteiger partial charge < -0.3 is 11.1 Å². The van der Waals surface area contributed by atoms with Crippen LogP contribution in [0.2, 0.25) is 0 Å². The summed E-state index contributed by atoms with van der Waals surface area (Å²) in [6, 6.07) is 23.7. The maximum atomic E-state index is 13.6. The minimum atomic E-state index is -0.368. The minimum Gasteiger partial charge on any atom is -0.354 e. The minimum absolute atomic E-state index is 0.200. The predicted molar refractivity (Wildman–Crippen MR) is 142 cm³/mol. The van der Waals surface area contributed by atoms with Gasteiger partial charge in [-0.05, 0) is 52.6 Å². The molecule has 3 aromatic carbocycles. The van der Waals surface area contributed by atoms with E-state index in [9.17, 15) is 9.18 Å². The number of pyridine rings is 1. The van der Waals surface area contributed by atoms with Gasteiger partial charge in [-0.2, -0.15) is 0 Å². The third kappa shape index (κ3) is 4.74. The zero-order chi connectivity index (χ0) is 25.1. The van der Waals surface area contributed by atoms with Crippen LogP contribution < -0.4 is 16.6 Å². The van der Waals surface area contributed by atoms with Crippen LogP contribution in [0.4, 0.5) is 10.3 Å². The Hall–Kier alpha value is -4.36. The SMILES string of the molecule is Cn1c(NCC(N)Cc2cccc3ccccc23)nc(-c2ccncc2)c(-c2ccc(F)cc2)c1=O. The molecule has 2 heterocycles. The van der Waals surface area contributed by atoms with Gasteiger partial charge in [-0.25, -0.2) is 9.37 Å². The molecule has 3 N–H and O–H groups in total. The van der Waals surface area contributed by atoms with E-state index in [1.807, 2.05) is 18.2 Å². The van der Waals surface area contributed by atoms with Gasteiger partial charge in [-0.1, -0.05) is 54.6 Å². The monoisotopic (exact) mass is 479 g/mol. The number of anilines is 1. The Morgan fingerprint density at radius 3 is 2.44 bits per heavy atom. The standard InChI is InChI=1S/C29H26FN5O/c1-35-28(36)26(20-9-11-23(30)12-10-20)27(21-13-15-32-16-14-21)34-29(35)33-18-24(31)17-22-7-4-6-19-5-2-3-8-25(19)22/h2-16,24H,17-18,31H2,1H3,(H,33,34). The van der Waals surface area contributed by atoms with Crippen LogP contribution in [-0.2, 0) is 13.5 Å². The number of nitrogens with two attached hydrogens (primary N) is 1. The highest BCUT2D eigenvalue weighted by molar-refractivity contribution is 5.85. The fourth-order valence-corrected chi connectivity index (χ4v) is 4.40. The molecule has 0 saturated carbocycles. The van der Waals surface area contributed by atoms with Crippen LogP contribution in [0.3, 0.4) is 0 Å². The van der Waals surface area contributed by atoms with E-state index in [0.29, 0.717) is 35.7 Å². The molecule has 0 aliphatic heterocycles. The van der Waals surface area contributed by atoms with Crippen LogP contribution in [0.1, 0.15) is 5.56 Å². The highest BCUT2D eigenvalue weighted by Gasteiger charge is 2.19. The Morgan fingerprint density at radius 1 is 0.944 bits per heavy atom. The molecule has 0 spiro atoms. The zero-order valence-electron chi connectivity index (χ0n) is 19.9. The van der Waals surface area contributed by atoms with Crippen LogP contribution in [0.15, 0.2) is 96.1 Å². The van der Waals surface area contributed by atoms with Gasteiger partial charge in [-0.15, -0.1) is 0 Å².